The third-order valence-corrected chi connectivity index (χ3v) is 5.22. The Morgan fingerprint density at radius 3 is 3.04 bits per heavy atom. The molecule has 2 aromatic rings. The maximum atomic E-state index is 12.3. The van der Waals surface area contributed by atoms with Crippen LogP contribution in [0.4, 0.5) is 0 Å². The molecular weight excluding hydrogens is 336 g/mol. The minimum Gasteiger partial charge on any atom is -0.356 e. The zero-order valence-corrected chi connectivity index (χ0v) is 15.1. The van der Waals surface area contributed by atoms with Crippen LogP contribution in [-0.4, -0.2) is 39.8 Å². The first kappa shape index (κ1) is 17.5. The first-order valence-electron chi connectivity index (χ1n) is 8.48. The summed E-state index contributed by atoms with van der Waals surface area (Å²) in [6, 6.07) is 5.64. The van der Waals surface area contributed by atoms with Crippen molar-refractivity contribution < 1.29 is 9.59 Å². The van der Waals surface area contributed by atoms with Gasteiger partial charge in [0.1, 0.15) is 0 Å². The fraction of sp³-hybridized carbons (Fsp3) is 0.444. The number of amides is 2. The molecule has 1 aliphatic heterocycles. The number of aromatic nitrogens is 2. The molecule has 1 atom stereocenters. The van der Waals surface area contributed by atoms with E-state index in [0.29, 0.717) is 19.6 Å². The van der Waals surface area contributed by atoms with Crippen molar-refractivity contribution >= 4 is 23.2 Å². The van der Waals surface area contributed by atoms with Gasteiger partial charge in [0, 0.05) is 43.2 Å². The van der Waals surface area contributed by atoms with Crippen molar-refractivity contribution in [1.82, 2.24) is 20.2 Å². The number of aryl methyl sites for hydroxylation is 2. The van der Waals surface area contributed by atoms with Crippen LogP contribution >= 0.6 is 11.3 Å². The van der Waals surface area contributed by atoms with E-state index in [1.807, 2.05) is 30.5 Å². The van der Waals surface area contributed by atoms with Gasteiger partial charge in [0.2, 0.25) is 11.8 Å². The summed E-state index contributed by atoms with van der Waals surface area (Å²) in [4.78, 5) is 34.8. The first-order chi connectivity index (χ1) is 12.1. The fourth-order valence-corrected chi connectivity index (χ4v) is 3.72. The SMILES string of the molecule is Cc1csc(CCCNC(=O)C2CC(=O)N(Cc3ccccn3)C2)n1. The molecule has 0 aromatic carbocycles. The van der Waals surface area contributed by atoms with Crippen LogP contribution < -0.4 is 5.32 Å². The van der Waals surface area contributed by atoms with Crippen LogP contribution in [0.2, 0.25) is 0 Å². The van der Waals surface area contributed by atoms with E-state index in [4.69, 9.17) is 0 Å². The molecule has 2 aromatic heterocycles. The van der Waals surface area contributed by atoms with Gasteiger partial charge in [-0.05, 0) is 25.5 Å². The Bertz CT molecular complexity index is 732. The minimum absolute atomic E-state index is 0.0177. The molecule has 0 spiro atoms. The third-order valence-electron chi connectivity index (χ3n) is 4.20. The number of hydrogen-bond donors (Lipinski definition) is 1. The standard InChI is InChI=1S/C18H22N4O2S/c1-13-12-25-16(21-13)6-4-8-20-18(24)14-9-17(23)22(10-14)11-15-5-2-3-7-19-15/h2-3,5,7,12,14H,4,6,8-11H2,1H3,(H,20,24). The number of pyridine rings is 1. The summed E-state index contributed by atoms with van der Waals surface area (Å²) < 4.78 is 0. The molecule has 0 aliphatic carbocycles. The molecule has 7 heteroatoms. The van der Waals surface area contributed by atoms with Gasteiger partial charge in [-0.25, -0.2) is 4.98 Å². The Kier molecular flexibility index (Phi) is 5.75. The molecule has 1 unspecified atom stereocenters. The van der Waals surface area contributed by atoms with Crippen LogP contribution in [0.3, 0.4) is 0 Å². The van der Waals surface area contributed by atoms with Gasteiger partial charge in [-0.1, -0.05) is 6.07 Å². The van der Waals surface area contributed by atoms with Crippen LogP contribution in [0.5, 0.6) is 0 Å². The second-order valence-corrected chi connectivity index (χ2v) is 7.22. The number of nitrogens with zero attached hydrogens (tertiary/aromatic N) is 3. The maximum absolute atomic E-state index is 12.3. The highest BCUT2D eigenvalue weighted by molar-refractivity contribution is 7.09. The van der Waals surface area contributed by atoms with Crippen molar-refractivity contribution in [3.05, 3.63) is 46.2 Å². The van der Waals surface area contributed by atoms with Gasteiger partial charge in [-0.2, -0.15) is 0 Å². The van der Waals surface area contributed by atoms with Gasteiger partial charge in [-0.3, -0.25) is 14.6 Å². The van der Waals surface area contributed by atoms with Crippen molar-refractivity contribution in [2.75, 3.05) is 13.1 Å². The Labute approximate surface area is 151 Å². The molecule has 3 rings (SSSR count). The lowest BCUT2D eigenvalue weighted by atomic mass is 10.1. The van der Waals surface area contributed by atoms with Gasteiger partial charge in [0.15, 0.2) is 0 Å². The number of nitrogens with one attached hydrogen (secondary N) is 1. The summed E-state index contributed by atoms with van der Waals surface area (Å²) in [7, 11) is 0. The van der Waals surface area contributed by atoms with Crippen LogP contribution in [0.25, 0.3) is 0 Å². The summed E-state index contributed by atoms with van der Waals surface area (Å²) in [6.45, 7) is 3.53. The van der Waals surface area contributed by atoms with E-state index in [0.717, 1.165) is 29.2 Å². The number of thiazole rings is 1. The highest BCUT2D eigenvalue weighted by atomic mass is 32.1. The third kappa shape index (κ3) is 4.85. The maximum Gasteiger partial charge on any atom is 0.225 e. The van der Waals surface area contributed by atoms with Crippen molar-refractivity contribution in [2.45, 2.75) is 32.7 Å². The average Bonchev–Trinajstić information content (AvgIpc) is 3.18. The molecule has 1 aliphatic rings. The molecule has 0 saturated carbocycles. The second kappa shape index (κ2) is 8.20. The Balaban J connectivity index is 1.41. The smallest absolute Gasteiger partial charge is 0.225 e. The number of carbonyl (C=O) groups excluding carboxylic acids is 2. The molecule has 132 valence electrons. The van der Waals surface area contributed by atoms with E-state index in [-0.39, 0.29) is 24.2 Å². The van der Waals surface area contributed by atoms with Crippen molar-refractivity contribution in [1.29, 1.82) is 0 Å². The van der Waals surface area contributed by atoms with Gasteiger partial charge in [0.05, 0.1) is 23.2 Å². The molecule has 1 N–H and O–H groups in total. The van der Waals surface area contributed by atoms with E-state index in [9.17, 15) is 9.59 Å². The van der Waals surface area contributed by atoms with E-state index in [2.05, 4.69) is 15.3 Å². The van der Waals surface area contributed by atoms with Gasteiger partial charge < -0.3 is 10.2 Å². The highest BCUT2D eigenvalue weighted by Crippen LogP contribution is 2.20. The first-order valence-corrected chi connectivity index (χ1v) is 9.36. The molecule has 0 radical (unpaired) electrons. The second-order valence-electron chi connectivity index (χ2n) is 6.27. The molecule has 0 bridgehead atoms. The van der Waals surface area contributed by atoms with Gasteiger partial charge >= 0.3 is 0 Å². The summed E-state index contributed by atoms with van der Waals surface area (Å²) in [5.74, 6) is -0.283. The number of carbonyl (C=O) groups is 2. The highest BCUT2D eigenvalue weighted by Gasteiger charge is 2.34. The number of rotatable bonds is 7. The van der Waals surface area contributed by atoms with E-state index >= 15 is 0 Å². The van der Waals surface area contributed by atoms with Crippen molar-refractivity contribution in [2.24, 2.45) is 5.92 Å². The molecule has 6 nitrogen and oxygen atoms in total. The lowest BCUT2D eigenvalue weighted by molar-refractivity contribution is -0.129. The lowest BCUT2D eigenvalue weighted by Gasteiger charge is -2.16. The molecule has 3 heterocycles. The number of hydrogen-bond acceptors (Lipinski definition) is 5. The van der Waals surface area contributed by atoms with Crippen LogP contribution in [0, 0.1) is 12.8 Å². The van der Waals surface area contributed by atoms with Crippen molar-refractivity contribution in [3.63, 3.8) is 0 Å². The summed E-state index contributed by atoms with van der Waals surface area (Å²) in [5, 5.41) is 6.09. The Hall–Kier alpha value is -2.28. The van der Waals surface area contributed by atoms with Gasteiger partial charge in [-0.15, -0.1) is 11.3 Å². The van der Waals surface area contributed by atoms with Crippen LogP contribution in [-0.2, 0) is 22.6 Å². The molecule has 25 heavy (non-hydrogen) atoms. The normalized spacial score (nSPS) is 17.1. The predicted molar refractivity (Wildman–Crippen MR) is 95.9 cm³/mol. The number of likely N-dealkylation sites (tertiary alicyclic amines) is 1. The van der Waals surface area contributed by atoms with E-state index < -0.39 is 0 Å². The molecular formula is C18H22N4O2S. The lowest BCUT2D eigenvalue weighted by Crippen LogP contribution is -2.33. The van der Waals surface area contributed by atoms with Crippen molar-refractivity contribution in [3.8, 4) is 0 Å². The minimum atomic E-state index is -0.265. The quantitative estimate of drug-likeness (QED) is 0.768. The van der Waals surface area contributed by atoms with Crippen LogP contribution in [0.1, 0.15) is 29.2 Å². The largest absolute Gasteiger partial charge is 0.356 e. The zero-order chi connectivity index (χ0) is 17.6. The fourth-order valence-electron chi connectivity index (χ4n) is 2.90. The summed E-state index contributed by atoms with van der Waals surface area (Å²) in [6.07, 6.45) is 3.72. The zero-order valence-electron chi connectivity index (χ0n) is 14.3. The topological polar surface area (TPSA) is 75.2 Å². The van der Waals surface area contributed by atoms with E-state index in [1.54, 1.807) is 22.4 Å². The van der Waals surface area contributed by atoms with E-state index in [1.165, 1.54) is 0 Å². The summed E-state index contributed by atoms with van der Waals surface area (Å²) in [5.41, 5.74) is 1.89. The Morgan fingerprint density at radius 2 is 2.32 bits per heavy atom. The average molecular weight is 358 g/mol. The molecule has 1 fully saturated rings. The monoisotopic (exact) mass is 358 g/mol. The van der Waals surface area contributed by atoms with Crippen LogP contribution in [0.15, 0.2) is 29.8 Å². The molecule has 1 saturated heterocycles. The Morgan fingerprint density at radius 1 is 1.44 bits per heavy atom. The molecule has 2 amide bonds. The van der Waals surface area contributed by atoms with Gasteiger partial charge in [0.25, 0.3) is 0 Å². The predicted octanol–water partition coefficient (Wildman–Crippen LogP) is 1.94. The summed E-state index contributed by atoms with van der Waals surface area (Å²) >= 11 is 1.65.